The van der Waals surface area contributed by atoms with E-state index in [0.29, 0.717) is 13.1 Å². The van der Waals surface area contributed by atoms with Crippen LogP contribution in [-0.4, -0.2) is 30.4 Å². The smallest absolute Gasteiger partial charge is 0.358 e. The maximum atomic E-state index is 11.8. The number of aromatic nitrogens is 4. The van der Waals surface area contributed by atoms with Crippen LogP contribution in [0, 0.1) is 10.1 Å². The molecular weight excluding hydrogens is 356 g/mol. The van der Waals surface area contributed by atoms with Crippen molar-refractivity contribution < 1.29 is 9.72 Å². The molecular formula is C12H15BrN6O3. The second-order valence-corrected chi connectivity index (χ2v) is 5.33. The number of nitrogens with zero attached hydrogens (tertiary/aromatic N) is 5. The van der Waals surface area contributed by atoms with Crippen molar-refractivity contribution in [1.82, 2.24) is 24.9 Å². The summed E-state index contributed by atoms with van der Waals surface area (Å²) < 4.78 is 4.02. The Balaban J connectivity index is 1.82. The molecule has 9 nitrogen and oxygen atoms in total. The number of aryl methyl sites for hydroxylation is 2. The lowest BCUT2D eigenvalue weighted by atomic mass is 10.3. The maximum absolute atomic E-state index is 11.8. The predicted molar refractivity (Wildman–Crippen MR) is 80.9 cm³/mol. The molecule has 0 spiro atoms. The van der Waals surface area contributed by atoms with Gasteiger partial charge in [-0.3, -0.25) is 9.48 Å². The second-order valence-electron chi connectivity index (χ2n) is 4.48. The summed E-state index contributed by atoms with van der Waals surface area (Å²) in [7, 11) is 0. The minimum Gasteiger partial charge on any atom is -0.358 e. The molecule has 1 N–H and O–H groups in total. The molecule has 118 valence electrons. The number of halogens is 1. The number of nitrogens with one attached hydrogen (secondary N) is 1. The van der Waals surface area contributed by atoms with Gasteiger partial charge in [0.1, 0.15) is 0 Å². The zero-order chi connectivity index (χ0) is 16.1. The Morgan fingerprint density at radius 3 is 2.95 bits per heavy atom. The molecule has 10 heteroatoms. The summed E-state index contributed by atoms with van der Waals surface area (Å²) in [5.41, 5.74) is 0.894. The topological polar surface area (TPSA) is 108 Å². The molecule has 0 atom stereocenters. The standard InChI is InChI=1S/C12H15BrN6O3/c1-2-18-10(9(13)7-15-18)8-14-12(20)4-6-17-5-3-11(16-17)19(21)22/h3,5,7H,2,4,6,8H2,1H3,(H,14,20). The van der Waals surface area contributed by atoms with Gasteiger partial charge in [0.15, 0.2) is 0 Å². The number of hydrogen-bond donors (Lipinski definition) is 1. The van der Waals surface area contributed by atoms with Crippen molar-refractivity contribution in [2.75, 3.05) is 0 Å². The van der Waals surface area contributed by atoms with Crippen molar-refractivity contribution in [2.24, 2.45) is 0 Å². The van der Waals surface area contributed by atoms with Gasteiger partial charge in [0.25, 0.3) is 0 Å². The van der Waals surface area contributed by atoms with Crippen molar-refractivity contribution in [3.8, 4) is 0 Å². The lowest BCUT2D eigenvalue weighted by Crippen LogP contribution is -2.25. The highest BCUT2D eigenvalue weighted by molar-refractivity contribution is 9.10. The average Bonchev–Trinajstić information content (AvgIpc) is 3.09. The van der Waals surface area contributed by atoms with E-state index in [1.807, 2.05) is 6.92 Å². The fourth-order valence-electron chi connectivity index (χ4n) is 1.90. The molecule has 2 aromatic heterocycles. The third kappa shape index (κ3) is 3.91. The summed E-state index contributed by atoms with van der Waals surface area (Å²) in [5.74, 6) is -0.384. The number of nitro groups is 1. The highest BCUT2D eigenvalue weighted by atomic mass is 79.9. The molecule has 0 aromatic carbocycles. The van der Waals surface area contributed by atoms with Crippen LogP contribution in [0.15, 0.2) is 22.9 Å². The number of amides is 1. The summed E-state index contributed by atoms with van der Waals surface area (Å²) in [6.07, 6.45) is 3.36. The van der Waals surface area contributed by atoms with E-state index in [1.165, 1.54) is 16.9 Å². The van der Waals surface area contributed by atoms with Crippen LogP contribution in [0.25, 0.3) is 0 Å². The predicted octanol–water partition coefficient (Wildman–Crippen LogP) is 1.48. The van der Waals surface area contributed by atoms with E-state index in [2.05, 4.69) is 31.4 Å². The number of carbonyl (C=O) groups excluding carboxylic acids is 1. The third-order valence-electron chi connectivity index (χ3n) is 3.03. The van der Waals surface area contributed by atoms with Crippen molar-refractivity contribution >= 4 is 27.7 Å². The first-order valence-corrected chi connectivity index (χ1v) is 7.45. The molecule has 0 aliphatic heterocycles. The summed E-state index contributed by atoms with van der Waals surface area (Å²) >= 11 is 3.39. The zero-order valence-electron chi connectivity index (χ0n) is 11.9. The highest BCUT2D eigenvalue weighted by Crippen LogP contribution is 2.15. The largest absolute Gasteiger partial charge is 0.389 e. The van der Waals surface area contributed by atoms with Crippen molar-refractivity contribution in [3.63, 3.8) is 0 Å². The summed E-state index contributed by atoms with van der Waals surface area (Å²) in [5, 5.41) is 21.2. The van der Waals surface area contributed by atoms with Gasteiger partial charge in [0, 0.05) is 13.0 Å². The molecule has 0 bridgehead atoms. The minimum absolute atomic E-state index is 0.158. The van der Waals surface area contributed by atoms with Crippen molar-refractivity contribution in [1.29, 1.82) is 0 Å². The molecule has 2 aromatic rings. The fourth-order valence-corrected chi connectivity index (χ4v) is 2.33. The van der Waals surface area contributed by atoms with E-state index in [4.69, 9.17) is 0 Å². The van der Waals surface area contributed by atoms with Crippen LogP contribution in [0.4, 0.5) is 5.82 Å². The Morgan fingerprint density at radius 1 is 1.55 bits per heavy atom. The Hall–Kier alpha value is -2.23. The molecule has 0 unspecified atom stereocenters. The maximum Gasteiger partial charge on any atom is 0.389 e. The molecule has 0 fully saturated rings. The molecule has 1 amide bonds. The van der Waals surface area contributed by atoms with Crippen LogP contribution in [0.1, 0.15) is 19.0 Å². The molecule has 22 heavy (non-hydrogen) atoms. The lowest BCUT2D eigenvalue weighted by Gasteiger charge is -2.07. The van der Waals surface area contributed by atoms with Crippen LogP contribution in [0.2, 0.25) is 0 Å². The Bertz CT molecular complexity index is 680. The fraction of sp³-hybridized carbons (Fsp3) is 0.417. The SMILES string of the molecule is CCn1ncc(Br)c1CNC(=O)CCn1ccc([N+](=O)[O-])n1. The lowest BCUT2D eigenvalue weighted by molar-refractivity contribution is -0.389. The van der Waals surface area contributed by atoms with Gasteiger partial charge >= 0.3 is 5.82 Å². The number of rotatable bonds is 7. The Kier molecular flexibility index (Phi) is 5.26. The molecule has 0 saturated carbocycles. The van der Waals surface area contributed by atoms with Crippen LogP contribution in [0.3, 0.4) is 0 Å². The number of carbonyl (C=O) groups is 1. The van der Waals surface area contributed by atoms with E-state index in [1.54, 1.807) is 10.9 Å². The van der Waals surface area contributed by atoms with Crippen molar-refractivity contribution in [2.45, 2.75) is 33.0 Å². The molecule has 0 aliphatic rings. The van der Waals surface area contributed by atoms with Gasteiger partial charge < -0.3 is 15.4 Å². The quantitative estimate of drug-likeness (QED) is 0.586. The van der Waals surface area contributed by atoms with E-state index in [0.717, 1.165) is 10.2 Å². The van der Waals surface area contributed by atoms with Crippen LogP contribution < -0.4 is 5.32 Å². The van der Waals surface area contributed by atoms with Gasteiger partial charge in [-0.2, -0.15) is 9.78 Å². The van der Waals surface area contributed by atoms with Gasteiger partial charge in [0.2, 0.25) is 5.91 Å². The highest BCUT2D eigenvalue weighted by Gasteiger charge is 2.13. The monoisotopic (exact) mass is 370 g/mol. The first kappa shape index (κ1) is 16.1. The Morgan fingerprint density at radius 2 is 2.32 bits per heavy atom. The molecule has 0 radical (unpaired) electrons. The first-order chi connectivity index (χ1) is 10.5. The minimum atomic E-state index is -0.569. The van der Waals surface area contributed by atoms with Gasteiger partial charge in [-0.1, -0.05) is 0 Å². The third-order valence-corrected chi connectivity index (χ3v) is 3.69. The molecule has 0 aliphatic carbocycles. The van der Waals surface area contributed by atoms with Crippen molar-refractivity contribution in [3.05, 3.63) is 38.7 Å². The van der Waals surface area contributed by atoms with E-state index in [-0.39, 0.29) is 24.7 Å². The molecule has 0 saturated heterocycles. The van der Waals surface area contributed by atoms with E-state index in [9.17, 15) is 14.9 Å². The van der Waals surface area contributed by atoms with Gasteiger partial charge in [-0.05, 0) is 27.8 Å². The Labute approximate surface area is 134 Å². The van der Waals surface area contributed by atoms with Gasteiger partial charge in [-0.25, -0.2) is 0 Å². The average molecular weight is 371 g/mol. The normalized spacial score (nSPS) is 10.6. The second kappa shape index (κ2) is 7.16. The van der Waals surface area contributed by atoms with Crippen LogP contribution >= 0.6 is 15.9 Å². The molecule has 2 heterocycles. The van der Waals surface area contributed by atoms with E-state index < -0.39 is 4.92 Å². The summed E-state index contributed by atoms with van der Waals surface area (Å²) in [6, 6.07) is 1.30. The van der Waals surface area contributed by atoms with Gasteiger partial charge in [0.05, 0.1) is 46.8 Å². The zero-order valence-corrected chi connectivity index (χ0v) is 13.5. The summed E-state index contributed by atoms with van der Waals surface area (Å²) in [6.45, 7) is 3.34. The van der Waals surface area contributed by atoms with E-state index >= 15 is 0 Å². The molecule has 2 rings (SSSR count). The van der Waals surface area contributed by atoms with Gasteiger partial charge in [-0.15, -0.1) is 0 Å². The number of hydrogen-bond acceptors (Lipinski definition) is 5. The summed E-state index contributed by atoms with van der Waals surface area (Å²) in [4.78, 5) is 21.8. The first-order valence-electron chi connectivity index (χ1n) is 6.66. The van der Waals surface area contributed by atoms with Crippen LogP contribution in [-0.2, 0) is 24.4 Å². The van der Waals surface area contributed by atoms with Crippen LogP contribution in [0.5, 0.6) is 0 Å².